The molecule has 0 aliphatic heterocycles. The van der Waals surface area contributed by atoms with Crippen molar-refractivity contribution >= 4 is 18.5 Å². The van der Waals surface area contributed by atoms with Gasteiger partial charge in [-0.1, -0.05) is 6.92 Å². The minimum atomic E-state index is -0.0590. The number of carbonyl (C=O) groups is 1. The second-order valence-corrected chi connectivity index (χ2v) is 4.33. The third kappa shape index (κ3) is 4.24. The number of rotatable bonds is 5. The van der Waals surface area contributed by atoms with Gasteiger partial charge in [-0.2, -0.15) is 0 Å². The van der Waals surface area contributed by atoms with Crippen molar-refractivity contribution in [1.82, 2.24) is 5.32 Å². The van der Waals surface area contributed by atoms with Crippen LogP contribution in [0.15, 0.2) is 29.2 Å². The van der Waals surface area contributed by atoms with Crippen LogP contribution in [0.4, 0.5) is 0 Å². The van der Waals surface area contributed by atoms with Gasteiger partial charge in [0.05, 0.1) is 6.61 Å². The van der Waals surface area contributed by atoms with Gasteiger partial charge < -0.3 is 10.1 Å². The van der Waals surface area contributed by atoms with Gasteiger partial charge in [-0.25, -0.2) is 0 Å². The van der Waals surface area contributed by atoms with Crippen molar-refractivity contribution in [3.05, 3.63) is 29.8 Å². The molecular weight excluding hydrogens is 222 g/mol. The molecule has 1 rings (SSSR count). The Morgan fingerprint density at radius 1 is 1.44 bits per heavy atom. The summed E-state index contributed by atoms with van der Waals surface area (Å²) in [5, 5.41) is 2.86. The van der Waals surface area contributed by atoms with Crippen LogP contribution in [0.25, 0.3) is 0 Å². The average Bonchev–Trinajstić information content (AvgIpc) is 2.27. The fourth-order valence-electron chi connectivity index (χ4n) is 1.33. The van der Waals surface area contributed by atoms with Gasteiger partial charge in [0.1, 0.15) is 0 Å². The van der Waals surface area contributed by atoms with Crippen molar-refractivity contribution in [1.29, 1.82) is 0 Å². The van der Waals surface area contributed by atoms with E-state index in [9.17, 15) is 4.79 Å². The maximum Gasteiger partial charge on any atom is 0.251 e. The molecule has 16 heavy (non-hydrogen) atoms. The zero-order valence-corrected chi connectivity index (χ0v) is 10.5. The Morgan fingerprint density at radius 3 is 2.62 bits per heavy atom. The van der Waals surface area contributed by atoms with Crippen LogP contribution in [0.5, 0.6) is 0 Å². The first-order chi connectivity index (χ1) is 7.63. The topological polar surface area (TPSA) is 38.3 Å². The first-order valence-electron chi connectivity index (χ1n) is 5.19. The number of hydrogen-bond donors (Lipinski definition) is 2. The van der Waals surface area contributed by atoms with Gasteiger partial charge in [0.2, 0.25) is 0 Å². The van der Waals surface area contributed by atoms with Crippen LogP contribution < -0.4 is 5.32 Å². The van der Waals surface area contributed by atoms with E-state index in [2.05, 4.69) is 17.9 Å². The fraction of sp³-hybridized carbons (Fsp3) is 0.417. The predicted molar refractivity (Wildman–Crippen MR) is 67.1 cm³/mol. The molecule has 1 atom stereocenters. The van der Waals surface area contributed by atoms with E-state index < -0.39 is 0 Å². The Hall–Kier alpha value is -1.00. The van der Waals surface area contributed by atoms with Gasteiger partial charge in [-0.15, -0.1) is 12.6 Å². The van der Waals surface area contributed by atoms with E-state index in [0.717, 1.165) is 4.90 Å². The molecule has 0 aliphatic carbocycles. The second-order valence-electron chi connectivity index (χ2n) is 3.82. The van der Waals surface area contributed by atoms with Crippen molar-refractivity contribution in [2.75, 3.05) is 20.3 Å². The van der Waals surface area contributed by atoms with E-state index in [1.54, 1.807) is 31.4 Å². The highest BCUT2D eigenvalue weighted by Gasteiger charge is 2.07. The van der Waals surface area contributed by atoms with Crippen LogP contribution in [-0.4, -0.2) is 26.2 Å². The molecule has 0 aliphatic rings. The number of ether oxygens (including phenoxy) is 1. The largest absolute Gasteiger partial charge is 0.384 e. The second kappa shape index (κ2) is 6.55. The molecule has 88 valence electrons. The van der Waals surface area contributed by atoms with Crippen molar-refractivity contribution in [3.63, 3.8) is 0 Å². The van der Waals surface area contributed by atoms with Crippen LogP contribution in [0.3, 0.4) is 0 Å². The number of nitrogens with one attached hydrogen (secondary N) is 1. The van der Waals surface area contributed by atoms with E-state index in [-0.39, 0.29) is 5.91 Å². The quantitative estimate of drug-likeness (QED) is 0.771. The Balaban J connectivity index is 2.43. The van der Waals surface area contributed by atoms with Crippen LogP contribution in [-0.2, 0) is 4.74 Å². The molecule has 1 amide bonds. The smallest absolute Gasteiger partial charge is 0.251 e. The zero-order valence-electron chi connectivity index (χ0n) is 9.56. The summed E-state index contributed by atoms with van der Waals surface area (Å²) in [6, 6.07) is 7.13. The highest BCUT2D eigenvalue weighted by atomic mass is 32.1. The van der Waals surface area contributed by atoms with Gasteiger partial charge >= 0.3 is 0 Å². The van der Waals surface area contributed by atoms with Gasteiger partial charge in [0.25, 0.3) is 5.91 Å². The Morgan fingerprint density at radius 2 is 2.06 bits per heavy atom. The van der Waals surface area contributed by atoms with E-state index in [1.807, 2.05) is 6.92 Å². The molecule has 1 aromatic rings. The number of methoxy groups -OCH3 is 1. The van der Waals surface area contributed by atoms with Crippen LogP contribution in [0.1, 0.15) is 17.3 Å². The monoisotopic (exact) mass is 239 g/mol. The Labute approximate surface area is 102 Å². The standard InChI is InChI=1S/C12H17NO2S/c1-9(8-15-2)7-13-12(14)10-3-5-11(16)6-4-10/h3-6,9,16H,7-8H2,1-2H3,(H,13,14). The lowest BCUT2D eigenvalue weighted by Gasteiger charge is -2.11. The first kappa shape index (κ1) is 13.1. The molecule has 0 saturated carbocycles. The summed E-state index contributed by atoms with van der Waals surface area (Å²) in [7, 11) is 1.66. The summed E-state index contributed by atoms with van der Waals surface area (Å²) >= 11 is 4.16. The molecule has 0 spiro atoms. The third-order valence-corrected chi connectivity index (χ3v) is 2.49. The Bertz CT molecular complexity index is 337. The Kier molecular flexibility index (Phi) is 5.35. The fourth-order valence-corrected chi connectivity index (χ4v) is 1.47. The molecular formula is C12H17NO2S. The number of thiol groups is 1. The normalized spacial score (nSPS) is 12.2. The molecule has 0 fully saturated rings. The molecule has 1 unspecified atom stereocenters. The summed E-state index contributed by atoms with van der Waals surface area (Å²) in [5.41, 5.74) is 0.655. The third-order valence-electron chi connectivity index (χ3n) is 2.19. The maximum atomic E-state index is 11.7. The van der Waals surface area contributed by atoms with Crippen molar-refractivity contribution < 1.29 is 9.53 Å². The number of hydrogen-bond acceptors (Lipinski definition) is 3. The summed E-state index contributed by atoms with van der Waals surface area (Å²) in [4.78, 5) is 12.5. The van der Waals surface area contributed by atoms with E-state index in [4.69, 9.17) is 4.74 Å². The number of amides is 1. The van der Waals surface area contributed by atoms with E-state index >= 15 is 0 Å². The highest BCUT2D eigenvalue weighted by Crippen LogP contribution is 2.07. The average molecular weight is 239 g/mol. The minimum Gasteiger partial charge on any atom is -0.384 e. The molecule has 0 bridgehead atoms. The van der Waals surface area contributed by atoms with Crippen LogP contribution in [0.2, 0.25) is 0 Å². The molecule has 0 heterocycles. The van der Waals surface area contributed by atoms with Crippen molar-refractivity contribution in [2.24, 2.45) is 5.92 Å². The number of benzene rings is 1. The molecule has 3 nitrogen and oxygen atoms in total. The van der Waals surface area contributed by atoms with Crippen LogP contribution in [0, 0.1) is 5.92 Å². The van der Waals surface area contributed by atoms with Gasteiger partial charge in [0, 0.05) is 24.1 Å². The molecule has 1 N–H and O–H groups in total. The number of carbonyl (C=O) groups excluding carboxylic acids is 1. The molecule has 0 radical (unpaired) electrons. The van der Waals surface area contributed by atoms with Crippen molar-refractivity contribution in [2.45, 2.75) is 11.8 Å². The summed E-state index contributed by atoms with van der Waals surface area (Å²) in [6.45, 7) is 3.30. The first-order valence-corrected chi connectivity index (χ1v) is 5.64. The van der Waals surface area contributed by atoms with Gasteiger partial charge in [0.15, 0.2) is 0 Å². The molecule has 1 aromatic carbocycles. The maximum absolute atomic E-state index is 11.7. The summed E-state index contributed by atoms with van der Waals surface area (Å²) in [6.07, 6.45) is 0. The van der Waals surface area contributed by atoms with Gasteiger partial charge in [-0.05, 0) is 30.2 Å². The lowest BCUT2D eigenvalue weighted by Crippen LogP contribution is -2.29. The molecule has 0 aromatic heterocycles. The lowest BCUT2D eigenvalue weighted by atomic mass is 10.1. The van der Waals surface area contributed by atoms with E-state index in [0.29, 0.717) is 24.6 Å². The predicted octanol–water partition coefficient (Wildman–Crippen LogP) is 1.99. The van der Waals surface area contributed by atoms with Gasteiger partial charge in [-0.3, -0.25) is 4.79 Å². The minimum absolute atomic E-state index is 0.0590. The van der Waals surface area contributed by atoms with Crippen molar-refractivity contribution in [3.8, 4) is 0 Å². The lowest BCUT2D eigenvalue weighted by molar-refractivity contribution is 0.0934. The highest BCUT2D eigenvalue weighted by molar-refractivity contribution is 7.80. The molecule has 0 saturated heterocycles. The SMILES string of the molecule is COCC(C)CNC(=O)c1ccc(S)cc1. The summed E-state index contributed by atoms with van der Waals surface area (Å²) in [5.74, 6) is 0.259. The zero-order chi connectivity index (χ0) is 12.0. The molecule has 4 heteroatoms. The van der Waals surface area contributed by atoms with E-state index in [1.165, 1.54) is 0 Å². The van der Waals surface area contributed by atoms with Crippen LogP contribution >= 0.6 is 12.6 Å². The summed E-state index contributed by atoms with van der Waals surface area (Å²) < 4.78 is 5.00.